The zero-order valence-electron chi connectivity index (χ0n) is 14.5. The van der Waals surface area contributed by atoms with Gasteiger partial charge in [0.15, 0.2) is 0 Å². The molecule has 8 heteroatoms. The molecule has 8 nitrogen and oxygen atoms in total. The molecule has 25 heavy (non-hydrogen) atoms. The van der Waals surface area contributed by atoms with Crippen molar-refractivity contribution in [3.05, 3.63) is 59.7 Å². The van der Waals surface area contributed by atoms with E-state index in [4.69, 9.17) is 0 Å². The molecule has 0 saturated heterocycles. The smallest absolute Gasteiger partial charge is 0.315 e. The second-order valence-corrected chi connectivity index (χ2v) is 5.89. The topological polar surface area (TPSA) is 89.7 Å². The summed E-state index contributed by atoms with van der Waals surface area (Å²) in [7, 11) is 1.86. The molecule has 2 amide bonds. The summed E-state index contributed by atoms with van der Waals surface area (Å²) in [5.41, 5.74) is 3.82. The molecule has 2 N–H and O–H groups in total. The molecule has 130 valence electrons. The summed E-state index contributed by atoms with van der Waals surface area (Å²) in [6.45, 7) is 4.30. The summed E-state index contributed by atoms with van der Waals surface area (Å²) in [6, 6.07) is 9.44. The van der Waals surface area contributed by atoms with E-state index in [2.05, 4.69) is 26.0 Å². The first-order valence-corrected chi connectivity index (χ1v) is 8.03. The zero-order chi connectivity index (χ0) is 17.8. The minimum absolute atomic E-state index is 0.113. The highest BCUT2D eigenvalue weighted by Crippen LogP contribution is 2.15. The van der Waals surface area contributed by atoms with Crippen molar-refractivity contribution in [2.24, 2.45) is 7.05 Å². The van der Waals surface area contributed by atoms with Gasteiger partial charge in [-0.05, 0) is 37.6 Å². The van der Waals surface area contributed by atoms with Gasteiger partial charge in [0.05, 0.1) is 42.1 Å². The average molecular weight is 339 g/mol. The number of nitrogens with zero attached hydrogens (tertiary/aromatic N) is 5. The number of nitrogens with one attached hydrogen (secondary N) is 2. The lowest BCUT2D eigenvalue weighted by molar-refractivity contribution is 0.237. The molecule has 0 saturated carbocycles. The first kappa shape index (κ1) is 16.7. The summed E-state index contributed by atoms with van der Waals surface area (Å²) >= 11 is 0. The van der Waals surface area contributed by atoms with Crippen molar-refractivity contribution in [2.75, 3.05) is 0 Å². The van der Waals surface area contributed by atoms with E-state index >= 15 is 0 Å². The van der Waals surface area contributed by atoms with Crippen LogP contribution in [0, 0.1) is 6.92 Å². The largest absolute Gasteiger partial charge is 0.333 e. The number of carbonyl (C=O) groups is 1. The Hall–Kier alpha value is -3.16. The predicted molar refractivity (Wildman–Crippen MR) is 93.1 cm³/mol. The van der Waals surface area contributed by atoms with Crippen LogP contribution in [0.1, 0.15) is 29.9 Å². The predicted octanol–water partition coefficient (Wildman–Crippen LogP) is 1.87. The number of hydrogen-bond donors (Lipinski definition) is 2. The zero-order valence-corrected chi connectivity index (χ0v) is 14.5. The molecule has 1 atom stereocenters. The lowest BCUT2D eigenvalue weighted by atomic mass is 10.1. The molecule has 0 aliphatic heterocycles. The van der Waals surface area contributed by atoms with Crippen LogP contribution in [-0.2, 0) is 13.6 Å². The van der Waals surface area contributed by atoms with Gasteiger partial charge in [0.25, 0.3) is 0 Å². The van der Waals surface area contributed by atoms with Crippen LogP contribution in [0.25, 0.3) is 5.69 Å². The maximum atomic E-state index is 12.1. The summed E-state index contributed by atoms with van der Waals surface area (Å²) in [4.78, 5) is 12.1. The van der Waals surface area contributed by atoms with Gasteiger partial charge in [-0.25, -0.2) is 9.48 Å². The van der Waals surface area contributed by atoms with Gasteiger partial charge in [0, 0.05) is 7.05 Å². The van der Waals surface area contributed by atoms with Crippen molar-refractivity contribution in [3.8, 4) is 5.69 Å². The molecule has 2 aromatic heterocycles. The van der Waals surface area contributed by atoms with Crippen molar-refractivity contribution >= 4 is 6.03 Å². The van der Waals surface area contributed by atoms with Crippen molar-refractivity contribution < 1.29 is 4.79 Å². The van der Waals surface area contributed by atoms with Gasteiger partial charge in [-0.3, -0.25) is 4.68 Å². The van der Waals surface area contributed by atoms with Gasteiger partial charge in [0.1, 0.15) is 0 Å². The van der Waals surface area contributed by atoms with Gasteiger partial charge >= 0.3 is 6.03 Å². The maximum Gasteiger partial charge on any atom is 0.315 e. The number of urea groups is 1. The van der Waals surface area contributed by atoms with Crippen LogP contribution in [0.4, 0.5) is 4.79 Å². The first-order chi connectivity index (χ1) is 12.0. The van der Waals surface area contributed by atoms with Crippen LogP contribution < -0.4 is 10.6 Å². The molecular weight excluding hydrogens is 318 g/mol. The van der Waals surface area contributed by atoms with E-state index in [1.807, 2.05) is 51.2 Å². The molecule has 3 aromatic rings. The highest BCUT2D eigenvalue weighted by Gasteiger charge is 2.10. The minimum Gasteiger partial charge on any atom is -0.333 e. The van der Waals surface area contributed by atoms with Gasteiger partial charge in [-0.15, -0.1) is 5.10 Å². The number of carbonyl (C=O) groups excluding carboxylic acids is 1. The van der Waals surface area contributed by atoms with Crippen molar-refractivity contribution in [1.82, 2.24) is 35.4 Å². The molecule has 3 rings (SSSR count). The number of hydrogen-bond acceptors (Lipinski definition) is 4. The van der Waals surface area contributed by atoms with E-state index < -0.39 is 0 Å². The van der Waals surface area contributed by atoms with Crippen LogP contribution in [0.5, 0.6) is 0 Å². The Kier molecular flexibility index (Phi) is 4.78. The average Bonchev–Trinajstić information content (AvgIpc) is 3.23. The van der Waals surface area contributed by atoms with Crippen molar-refractivity contribution in [2.45, 2.75) is 26.4 Å². The molecule has 0 spiro atoms. The van der Waals surface area contributed by atoms with Crippen LogP contribution in [0.2, 0.25) is 0 Å². The Morgan fingerprint density at radius 3 is 2.64 bits per heavy atom. The number of aromatic nitrogens is 5. The lowest BCUT2D eigenvalue weighted by Gasteiger charge is -2.15. The van der Waals surface area contributed by atoms with Crippen molar-refractivity contribution in [1.29, 1.82) is 0 Å². The fraction of sp³-hybridized carbons (Fsp3) is 0.294. The second kappa shape index (κ2) is 7.16. The van der Waals surface area contributed by atoms with E-state index in [0.717, 1.165) is 22.6 Å². The van der Waals surface area contributed by atoms with Crippen molar-refractivity contribution in [3.63, 3.8) is 0 Å². The highest BCUT2D eigenvalue weighted by atomic mass is 16.2. The number of benzene rings is 1. The Morgan fingerprint density at radius 2 is 2.04 bits per heavy atom. The maximum absolute atomic E-state index is 12.1. The summed E-state index contributed by atoms with van der Waals surface area (Å²) in [6.07, 6.45) is 3.41. The summed E-state index contributed by atoms with van der Waals surface area (Å²) < 4.78 is 3.45. The number of aryl methyl sites for hydroxylation is 2. The van der Waals surface area contributed by atoms with Gasteiger partial charge in [0.2, 0.25) is 0 Å². The Morgan fingerprint density at radius 1 is 1.28 bits per heavy atom. The molecular formula is C17H21N7O. The van der Waals surface area contributed by atoms with E-state index in [9.17, 15) is 4.79 Å². The van der Waals surface area contributed by atoms with Gasteiger partial charge in [-0.1, -0.05) is 17.3 Å². The molecule has 0 radical (unpaired) electrons. The number of rotatable bonds is 5. The van der Waals surface area contributed by atoms with Crippen LogP contribution in [0.15, 0.2) is 42.7 Å². The summed E-state index contributed by atoms with van der Waals surface area (Å²) in [5, 5.41) is 17.8. The summed E-state index contributed by atoms with van der Waals surface area (Å²) in [5.74, 6) is 0. The van der Waals surface area contributed by atoms with E-state index in [1.54, 1.807) is 21.8 Å². The molecule has 0 aliphatic rings. The molecule has 0 fully saturated rings. The molecule has 1 aromatic carbocycles. The fourth-order valence-corrected chi connectivity index (χ4v) is 2.59. The second-order valence-electron chi connectivity index (χ2n) is 5.89. The normalized spacial score (nSPS) is 12.0. The fourth-order valence-electron chi connectivity index (χ4n) is 2.59. The standard InChI is InChI=1S/C17H21N7O/c1-12-10-16(23(3)21-12)11-18-17(25)20-13(2)14-4-6-15(7-5-14)24-9-8-19-22-24/h4-10,13H,11H2,1-3H3,(H2,18,20,25). The Balaban J connectivity index is 1.55. The Labute approximate surface area is 145 Å². The molecule has 0 bridgehead atoms. The quantitative estimate of drug-likeness (QED) is 0.742. The molecule has 0 aliphatic carbocycles. The number of amides is 2. The first-order valence-electron chi connectivity index (χ1n) is 8.03. The van der Waals surface area contributed by atoms with Gasteiger partial charge < -0.3 is 10.6 Å². The third-order valence-corrected chi connectivity index (χ3v) is 3.96. The third-order valence-electron chi connectivity index (χ3n) is 3.96. The van der Waals surface area contributed by atoms with Gasteiger partial charge in [-0.2, -0.15) is 5.10 Å². The van der Waals surface area contributed by atoms with Crippen LogP contribution in [0.3, 0.4) is 0 Å². The lowest BCUT2D eigenvalue weighted by Crippen LogP contribution is -2.37. The van der Waals surface area contributed by atoms with E-state index in [0.29, 0.717) is 6.54 Å². The third kappa shape index (κ3) is 4.03. The molecule has 2 heterocycles. The van der Waals surface area contributed by atoms with E-state index in [1.165, 1.54) is 0 Å². The van der Waals surface area contributed by atoms with E-state index in [-0.39, 0.29) is 12.1 Å². The molecule has 1 unspecified atom stereocenters. The van der Waals surface area contributed by atoms with Crippen LogP contribution >= 0.6 is 0 Å². The minimum atomic E-state index is -0.216. The Bertz CT molecular complexity index is 837. The monoisotopic (exact) mass is 339 g/mol. The van der Waals surface area contributed by atoms with Crippen LogP contribution in [-0.4, -0.2) is 30.8 Å². The SMILES string of the molecule is Cc1cc(CNC(=O)NC(C)c2ccc(-n3ccnn3)cc2)n(C)n1. The highest BCUT2D eigenvalue weighted by molar-refractivity contribution is 5.74.